The fraction of sp³-hybridized carbons (Fsp3) is 0.125. The number of benzene rings is 1. The second-order valence-corrected chi connectivity index (χ2v) is 3.15. The van der Waals surface area contributed by atoms with Crippen LogP contribution >= 0.6 is 15.9 Å². The molecule has 1 aromatic carbocycles. The first-order valence-electron chi connectivity index (χ1n) is 3.37. The van der Waals surface area contributed by atoms with Gasteiger partial charge in [0.1, 0.15) is 6.61 Å². The number of carboxylic acid groups (broad SMARTS) is 1. The molecule has 0 fully saturated rings. The van der Waals surface area contributed by atoms with Crippen LogP contribution in [-0.4, -0.2) is 12.6 Å². The highest BCUT2D eigenvalue weighted by Crippen LogP contribution is 2.20. The fourth-order valence-corrected chi connectivity index (χ4v) is 1.06. The van der Waals surface area contributed by atoms with Gasteiger partial charge in [-0.2, -0.15) is 0 Å². The van der Waals surface area contributed by atoms with Gasteiger partial charge in [-0.05, 0) is 18.2 Å². The van der Waals surface area contributed by atoms with Crippen LogP contribution in [0.5, 0.6) is 5.75 Å². The van der Waals surface area contributed by atoms with Crippen LogP contribution in [0, 0.1) is 5.82 Å². The number of carbonyl (C=O) groups is 1. The van der Waals surface area contributed by atoms with Crippen molar-refractivity contribution < 1.29 is 19.0 Å². The third-order valence-corrected chi connectivity index (χ3v) is 1.73. The largest absolute Gasteiger partial charge is 0.546 e. The molecule has 1 aromatic rings. The molecule has 0 saturated heterocycles. The van der Waals surface area contributed by atoms with Gasteiger partial charge in [-0.15, -0.1) is 0 Å². The van der Waals surface area contributed by atoms with Gasteiger partial charge < -0.3 is 14.6 Å². The van der Waals surface area contributed by atoms with Crippen molar-refractivity contribution in [1.29, 1.82) is 0 Å². The number of halogens is 2. The molecule has 0 spiro atoms. The summed E-state index contributed by atoms with van der Waals surface area (Å²) in [6.45, 7) is -0.654. The van der Waals surface area contributed by atoms with E-state index in [0.717, 1.165) is 0 Å². The molecule has 1 rings (SSSR count). The highest BCUT2D eigenvalue weighted by atomic mass is 79.9. The molecule has 0 aliphatic rings. The predicted octanol–water partition coefficient (Wildman–Crippen LogP) is 0.717. The molecule has 5 heteroatoms. The minimum atomic E-state index is -1.39. The lowest BCUT2D eigenvalue weighted by atomic mass is 10.3. The zero-order valence-electron chi connectivity index (χ0n) is 6.42. The number of hydrogen-bond donors (Lipinski definition) is 0. The summed E-state index contributed by atoms with van der Waals surface area (Å²) in [5.74, 6) is -2.11. The molecule has 0 N–H and O–H groups in total. The van der Waals surface area contributed by atoms with Crippen molar-refractivity contribution in [1.82, 2.24) is 0 Å². The van der Waals surface area contributed by atoms with E-state index in [1.807, 2.05) is 0 Å². The van der Waals surface area contributed by atoms with Gasteiger partial charge in [-0.3, -0.25) is 0 Å². The summed E-state index contributed by atoms with van der Waals surface area (Å²) in [6.07, 6.45) is 0. The number of aliphatic carboxylic acids is 1. The molecular weight excluding hydrogens is 243 g/mol. The molecule has 70 valence electrons. The molecule has 13 heavy (non-hydrogen) atoms. The quantitative estimate of drug-likeness (QED) is 0.791. The summed E-state index contributed by atoms with van der Waals surface area (Å²) in [5.41, 5.74) is 0. The molecule has 0 heterocycles. The Hall–Kier alpha value is -1.10. The maximum absolute atomic E-state index is 12.9. The van der Waals surface area contributed by atoms with Gasteiger partial charge in [0.25, 0.3) is 0 Å². The van der Waals surface area contributed by atoms with E-state index in [4.69, 9.17) is 0 Å². The average molecular weight is 248 g/mol. The molecular formula is C8H5BrFO3-. The summed E-state index contributed by atoms with van der Waals surface area (Å²) >= 11 is 3.05. The second kappa shape index (κ2) is 4.23. The van der Waals surface area contributed by atoms with E-state index in [0.29, 0.717) is 4.47 Å². The van der Waals surface area contributed by atoms with Crippen LogP contribution in [0.3, 0.4) is 0 Å². The number of rotatable bonds is 3. The van der Waals surface area contributed by atoms with Crippen molar-refractivity contribution in [2.45, 2.75) is 0 Å². The molecule has 0 atom stereocenters. The molecule has 0 radical (unpaired) electrons. The lowest BCUT2D eigenvalue weighted by molar-refractivity contribution is -0.307. The summed E-state index contributed by atoms with van der Waals surface area (Å²) in [4.78, 5) is 9.98. The summed E-state index contributed by atoms with van der Waals surface area (Å²) < 4.78 is 18.1. The first-order chi connectivity index (χ1) is 6.09. The molecule has 0 bridgehead atoms. The van der Waals surface area contributed by atoms with Crippen molar-refractivity contribution in [3.8, 4) is 5.75 Å². The van der Waals surface area contributed by atoms with Crippen molar-refractivity contribution in [2.75, 3.05) is 6.61 Å². The lowest BCUT2D eigenvalue weighted by Gasteiger charge is -2.07. The van der Waals surface area contributed by atoms with Gasteiger partial charge in [0.05, 0.1) is 5.97 Å². The van der Waals surface area contributed by atoms with E-state index in [2.05, 4.69) is 20.7 Å². The maximum atomic E-state index is 12.9. The Morgan fingerprint density at radius 1 is 1.62 bits per heavy atom. The van der Waals surface area contributed by atoms with Crippen molar-refractivity contribution >= 4 is 21.9 Å². The van der Waals surface area contributed by atoms with Crippen LogP contribution in [0.1, 0.15) is 0 Å². The molecule has 0 aromatic heterocycles. The van der Waals surface area contributed by atoms with Crippen molar-refractivity contribution in [3.63, 3.8) is 0 Å². The van der Waals surface area contributed by atoms with E-state index < -0.39 is 18.4 Å². The highest BCUT2D eigenvalue weighted by molar-refractivity contribution is 9.10. The zero-order chi connectivity index (χ0) is 9.84. The predicted molar refractivity (Wildman–Crippen MR) is 44.6 cm³/mol. The van der Waals surface area contributed by atoms with Crippen molar-refractivity contribution in [3.05, 3.63) is 28.5 Å². The molecule has 0 unspecified atom stereocenters. The summed E-state index contributed by atoms with van der Waals surface area (Å²) in [7, 11) is 0. The number of carbonyl (C=O) groups excluding carboxylic acids is 1. The Kier molecular flexibility index (Phi) is 3.25. The van der Waals surface area contributed by atoms with Crippen LogP contribution in [0.25, 0.3) is 0 Å². The Balaban J connectivity index is 2.72. The molecule has 0 saturated carbocycles. The summed E-state index contributed by atoms with van der Waals surface area (Å²) in [6, 6.07) is 4.07. The smallest absolute Gasteiger partial charge is 0.166 e. The van der Waals surface area contributed by atoms with Gasteiger partial charge in [0.15, 0.2) is 11.6 Å². The van der Waals surface area contributed by atoms with Gasteiger partial charge in [-0.1, -0.05) is 15.9 Å². The Labute approximate surface area is 82.3 Å². The number of ether oxygens (including phenoxy) is 1. The van der Waals surface area contributed by atoms with Crippen molar-refractivity contribution in [2.24, 2.45) is 0 Å². The van der Waals surface area contributed by atoms with Gasteiger partial charge in [-0.25, -0.2) is 4.39 Å². The van der Waals surface area contributed by atoms with Crippen LogP contribution in [0.2, 0.25) is 0 Å². The van der Waals surface area contributed by atoms with E-state index in [1.165, 1.54) is 12.1 Å². The molecule has 3 nitrogen and oxygen atoms in total. The van der Waals surface area contributed by atoms with Crippen LogP contribution in [-0.2, 0) is 4.79 Å². The minimum absolute atomic E-state index is 0.104. The van der Waals surface area contributed by atoms with E-state index in [9.17, 15) is 14.3 Å². The monoisotopic (exact) mass is 247 g/mol. The zero-order valence-corrected chi connectivity index (χ0v) is 8.01. The SMILES string of the molecule is O=C([O-])COc1ccc(Br)cc1F. The van der Waals surface area contributed by atoms with E-state index in [-0.39, 0.29) is 5.75 Å². The average Bonchev–Trinajstić information content (AvgIpc) is 2.02. The van der Waals surface area contributed by atoms with Crippen LogP contribution < -0.4 is 9.84 Å². The Morgan fingerprint density at radius 2 is 2.31 bits per heavy atom. The standard InChI is InChI=1S/C8H6BrFO3/c9-5-1-2-7(6(10)3-5)13-4-8(11)12/h1-3H,4H2,(H,11,12)/p-1. The molecule has 0 amide bonds. The highest BCUT2D eigenvalue weighted by Gasteiger charge is 2.02. The number of hydrogen-bond acceptors (Lipinski definition) is 3. The third kappa shape index (κ3) is 3.02. The normalized spacial score (nSPS) is 9.69. The third-order valence-electron chi connectivity index (χ3n) is 1.24. The first-order valence-corrected chi connectivity index (χ1v) is 4.16. The number of carboxylic acids is 1. The minimum Gasteiger partial charge on any atom is -0.546 e. The molecule has 0 aliphatic heterocycles. The topological polar surface area (TPSA) is 49.4 Å². The van der Waals surface area contributed by atoms with Gasteiger partial charge >= 0.3 is 0 Å². The van der Waals surface area contributed by atoms with E-state index >= 15 is 0 Å². The summed E-state index contributed by atoms with van der Waals surface area (Å²) in [5, 5.41) is 9.98. The second-order valence-electron chi connectivity index (χ2n) is 2.24. The van der Waals surface area contributed by atoms with E-state index in [1.54, 1.807) is 6.07 Å². The Bertz CT molecular complexity index is 327. The fourth-order valence-electron chi connectivity index (χ4n) is 0.729. The first kappa shape index (κ1) is 9.98. The van der Waals surface area contributed by atoms with Gasteiger partial charge in [0, 0.05) is 4.47 Å². The molecule has 0 aliphatic carbocycles. The van der Waals surface area contributed by atoms with Crippen LogP contribution in [0.15, 0.2) is 22.7 Å². The maximum Gasteiger partial charge on any atom is 0.166 e. The lowest BCUT2D eigenvalue weighted by Crippen LogP contribution is -2.29. The van der Waals surface area contributed by atoms with Crippen LogP contribution in [0.4, 0.5) is 4.39 Å². The van der Waals surface area contributed by atoms with Gasteiger partial charge in [0.2, 0.25) is 0 Å². The Morgan fingerprint density at radius 3 is 2.85 bits per heavy atom.